The number of carbonyl (C=O) groups is 2. The zero-order valence-corrected chi connectivity index (χ0v) is 19.6. The van der Waals surface area contributed by atoms with Crippen molar-refractivity contribution in [2.75, 3.05) is 45.9 Å². The number of hydrogen-bond donors (Lipinski definition) is 1. The summed E-state index contributed by atoms with van der Waals surface area (Å²) in [5.41, 5.74) is -0.570. The molecule has 2 aliphatic heterocycles. The number of sulfonamides is 1. The molecular formula is C21H31N3O7S. The molecule has 0 aromatic heterocycles. The third-order valence-electron chi connectivity index (χ3n) is 4.98. The van der Waals surface area contributed by atoms with Gasteiger partial charge in [0.15, 0.2) is 11.5 Å². The summed E-state index contributed by atoms with van der Waals surface area (Å²) in [7, 11) is -3.69. The molecular weight excluding hydrogens is 438 g/mol. The van der Waals surface area contributed by atoms with E-state index in [9.17, 15) is 18.0 Å². The highest BCUT2D eigenvalue weighted by atomic mass is 32.2. The molecule has 0 radical (unpaired) electrons. The van der Waals surface area contributed by atoms with E-state index in [4.69, 9.17) is 14.2 Å². The Kier molecular flexibility index (Phi) is 7.50. The lowest BCUT2D eigenvalue weighted by molar-refractivity contribution is -0.132. The average molecular weight is 470 g/mol. The first-order valence-electron chi connectivity index (χ1n) is 10.7. The smallest absolute Gasteiger partial charge is 0.407 e. The first-order valence-corrected chi connectivity index (χ1v) is 12.1. The molecule has 0 saturated carbocycles. The number of hydrogen-bond acceptors (Lipinski definition) is 7. The van der Waals surface area contributed by atoms with Gasteiger partial charge in [-0.2, -0.15) is 4.31 Å². The Morgan fingerprint density at radius 2 is 1.72 bits per heavy atom. The zero-order chi connectivity index (χ0) is 23.4. The number of nitrogens with zero attached hydrogens (tertiary/aromatic N) is 2. The molecule has 0 spiro atoms. The number of carbonyl (C=O) groups excluding carboxylic acids is 2. The van der Waals surface area contributed by atoms with Gasteiger partial charge in [-0.25, -0.2) is 13.2 Å². The van der Waals surface area contributed by atoms with E-state index < -0.39 is 21.7 Å². The van der Waals surface area contributed by atoms with Crippen molar-refractivity contribution in [3.05, 3.63) is 18.2 Å². The Labute approximate surface area is 188 Å². The standard InChI is InChI=1S/C21H31N3O7S/c1-21(2,3)31-20(26)22-8-4-5-19(25)23-9-11-24(12-10-23)32(27,28)16-6-7-17-18(15-16)30-14-13-29-17/h6-7,15H,4-5,8-14H2,1-3H3,(H,22,26). The van der Waals surface area contributed by atoms with Gasteiger partial charge < -0.3 is 24.4 Å². The van der Waals surface area contributed by atoms with Crippen LogP contribution < -0.4 is 14.8 Å². The lowest BCUT2D eigenvalue weighted by atomic mass is 10.2. The van der Waals surface area contributed by atoms with Gasteiger partial charge in [0.05, 0.1) is 4.90 Å². The highest BCUT2D eigenvalue weighted by molar-refractivity contribution is 7.89. The van der Waals surface area contributed by atoms with Gasteiger partial charge in [-0.15, -0.1) is 0 Å². The van der Waals surface area contributed by atoms with Crippen LogP contribution in [0.5, 0.6) is 11.5 Å². The molecule has 10 nitrogen and oxygen atoms in total. The molecule has 3 rings (SSSR count). The molecule has 1 fully saturated rings. The molecule has 32 heavy (non-hydrogen) atoms. The van der Waals surface area contributed by atoms with Crippen molar-refractivity contribution in [1.82, 2.24) is 14.5 Å². The summed E-state index contributed by atoms with van der Waals surface area (Å²) in [5.74, 6) is 0.894. The SMILES string of the molecule is CC(C)(C)OC(=O)NCCCC(=O)N1CCN(S(=O)(=O)c2ccc3c(c2)OCCO3)CC1. The minimum absolute atomic E-state index is 0.0626. The van der Waals surface area contributed by atoms with Crippen LogP contribution in [0, 0.1) is 0 Å². The van der Waals surface area contributed by atoms with Crippen LogP contribution in [0.4, 0.5) is 4.79 Å². The molecule has 1 N–H and O–H groups in total. The van der Waals surface area contributed by atoms with Crippen LogP contribution in [0.25, 0.3) is 0 Å². The number of fused-ring (bicyclic) bond motifs is 1. The predicted octanol–water partition coefficient (Wildman–Crippen LogP) is 1.60. The third-order valence-corrected chi connectivity index (χ3v) is 6.87. The molecule has 0 unspecified atom stereocenters. The van der Waals surface area contributed by atoms with Crippen molar-refractivity contribution >= 4 is 22.0 Å². The second-order valence-corrected chi connectivity index (χ2v) is 10.6. The lowest BCUT2D eigenvalue weighted by Gasteiger charge is -2.34. The topological polar surface area (TPSA) is 114 Å². The quantitative estimate of drug-likeness (QED) is 0.629. The Bertz CT molecular complexity index is 935. The summed E-state index contributed by atoms with van der Waals surface area (Å²) in [6, 6.07) is 4.60. The number of ether oxygens (including phenoxy) is 3. The summed E-state index contributed by atoms with van der Waals surface area (Å²) < 4.78 is 43.5. The fourth-order valence-electron chi connectivity index (χ4n) is 3.41. The third kappa shape index (κ3) is 6.26. The number of nitrogens with one attached hydrogen (secondary N) is 1. The molecule has 11 heteroatoms. The van der Waals surface area contributed by atoms with E-state index in [1.807, 2.05) is 0 Å². The van der Waals surface area contributed by atoms with Gasteiger partial charge >= 0.3 is 6.09 Å². The van der Waals surface area contributed by atoms with Crippen molar-refractivity contribution in [3.63, 3.8) is 0 Å². The summed E-state index contributed by atoms with van der Waals surface area (Å²) in [6.07, 6.45) is 0.237. The van der Waals surface area contributed by atoms with Gasteiger partial charge in [0, 0.05) is 45.2 Å². The Hall–Kier alpha value is -2.53. The van der Waals surface area contributed by atoms with E-state index >= 15 is 0 Å². The molecule has 2 aliphatic rings. The highest BCUT2D eigenvalue weighted by Gasteiger charge is 2.31. The van der Waals surface area contributed by atoms with Gasteiger partial charge in [-0.3, -0.25) is 4.79 Å². The molecule has 0 aliphatic carbocycles. The second kappa shape index (κ2) is 9.95. The van der Waals surface area contributed by atoms with E-state index in [0.717, 1.165) is 0 Å². The highest BCUT2D eigenvalue weighted by Crippen LogP contribution is 2.33. The normalized spacial score (nSPS) is 17.0. The van der Waals surface area contributed by atoms with Crippen molar-refractivity contribution in [1.29, 1.82) is 0 Å². The van der Waals surface area contributed by atoms with Gasteiger partial charge in [-0.05, 0) is 39.3 Å². The Morgan fingerprint density at radius 3 is 2.38 bits per heavy atom. The molecule has 1 aromatic rings. The van der Waals surface area contributed by atoms with Crippen LogP contribution in [0.1, 0.15) is 33.6 Å². The first kappa shape index (κ1) is 24.1. The van der Waals surface area contributed by atoms with E-state index in [-0.39, 0.29) is 30.3 Å². The molecule has 0 bridgehead atoms. The number of amides is 2. The molecule has 1 aromatic carbocycles. The van der Waals surface area contributed by atoms with Crippen LogP contribution in [0.2, 0.25) is 0 Å². The van der Waals surface area contributed by atoms with Crippen LogP contribution >= 0.6 is 0 Å². The minimum atomic E-state index is -3.69. The van der Waals surface area contributed by atoms with Gasteiger partial charge in [-0.1, -0.05) is 0 Å². The summed E-state index contributed by atoms with van der Waals surface area (Å²) >= 11 is 0. The average Bonchev–Trinajstić information content (AvgIpc) is 2.75. The van der Waals surface area contributed by atoms with Crippen molar-refractivity contribution in [2.45, 2.75) is 44.1 Å². The van der Waals surface area contributed by atoms with E-state index in [1.165, 1.54) is 16.4 Å². The fourth-order valence-corrected chi connectivity index (χ4v) is 4.85. The van der Waals surface area contributed by atoms with Gasteiger partial charge in [0.2, 0.25) is 15.9 Å². The van der Waals surface area contributed by atoms with E-state index in [2.05, 4.69) is 5.32 Å². The maximum Gasteiger partial charge on any atom is 0.407 e. The first-order chi connectivity index (χ1) is 15.1. The molecule has 1 saturated heterocycles. The number of benzene rings is 1. The maximum atomic E-state index is 13.0. The monoisotopic (exact) mass is 469 g/mol. The van der Waals surface area contributed by atoms with Crippen LogP contribution in [0.15, 0.2) is 23.1 Å². The number of rotatable bonds is 6. The largest absolute Gasteiger partial charge is 0.486 e. The van der Waals surface area contributed by atoms with Gasteiger partial charge in [0.1, 0.15) is 18.8 Å². The minimum Gasteiger partial charge on any atom is -0.486 e. The lowest BCUT2D eigenvalue weighted by Crippen LogP contribution is -2.50. The van der Waals surface area contributed by atoms with E-state index in [1.54, 1.807) is 31.7 Å². The summed E-state index contributed by atoms with van der Waals surface area (Å²) in [5, 5.41) is 2.63. The van der Waals surface area contributed by atoms with Gasteiger partial charge in [0.25, 0.3) is 0 Å². The van der Waals surface area contributed by atoms with E-state index in [0.29, 0.717) is 50.8 Å². The maximum absolute atomic E-state index is 13.0. The van der Waals surface area contributed by atoms with Crippen molar-refractivity contribution in [2.24, 2.45) is 0 Å². The second-order valence-electron chi connectivity index (χ2n) is 8.62. The van der Waals surface area contributed by atoms with Crippen LogP contribution in [-0.4, -0.2) is 81.2 Å². The van der Waals surface area contributed by atoms with Crippen LogP contribution in [0.3, 0.4) is 0 Å². The Balaban J connectivity index is 1.45. The number of piperazine rings is 1. The predicted molar refractivity (Wildman–Crippen MR) is 116 cm³/mol. The molecule has 2 amide bonds. The van der Waals surface area contributed by atoms with Crippen molar-refractivity contribution in [3.8, 4) is 11.5 Å². The molecule has 0 atom stereocenters. The summed E-state index contributed by atoms with van der Waals surface area (Å²) in [4.78, 5) is 25.9. The molecule has 178 valence electrons. The Morgan fingerprint density at radius 1 is 1.06 bits per heavy atom. The fraction of sp³-hybridized carbons (Fsp3) is 0.619. The number of alkyl carbamates (subject to hydrolysis) is 1. The summed E-state index contributed by atoms with van der Waals surface area (Å²) in [6.45, 7) is 7.58. The van der Waals surface area contributed by atoms with Crippen LogP contribution in [-0.2, 0) is 19.6 Å². The zero-order valence-electron chi connectivity index (χ0n) is 18.8. The van der Waals surface area contributed by atoms with Crippen molar-refractivity contribution < 1.29 is 32.2 Å². The molecule has 2 heterocycles.